The first-order valence-corrected chi connectivity index (χ1v) is 7.48. The van der Waals surface area contributed by atoms with Crippen molar-refractivity contribution in [3.63, 3.8) is 0 Å². The summed E-state index contributed by atoms with van der Waals surface area (Å²) in [4.78, 5) is 0. The van der Waals surface area contributed by atoms with Gasteiger partial charge in [0.15, 0.2) is 0 Å². The lowest BCUT2D eigenvalue weighted by Gasteiger charge is -2.18. The molecule has 0 unspecified atom stereocenters. The standard InChI is InChI=1S/C18H24O4/c1-11(2)21-13-9-14-15(22-12(3)4)7-8-16(19-5)18(14)17(10-13)20-6/h7-12H,1-6H3. The molecule has 0 heterocycles. The van der Waals surface area contributed by atoms with E-state index in [2.05, 4.69) is 0 Å². The minimum absolute atomic E-state index is 0.0808. The number of hydrogen-bond acceptors (Lipinski definition) is 4. The van der Waals surface area contributed by atoms with Gasteiger partial charge in [0.05, 0.1) is 31.8 Å². The summed E-state index contributed by atoms with van der Waals surface area (Å²) in [5, 5.41) is 1.81. The van der Waals surface area contributed by atoms with Crippen LogP contribution in [0.5, 0.6) is 23.0 Å². The molecule has 0 spiro atoms. The van der Waals surface area contributed by atoms with Gasteiger partial charge in [-0.3, -0.25) is 0 Å². The van der Waals surface area contributed by atoms with Gasteiger partial charge < -0.3 is 18.9 Å². The van der Waals surface area contributed by atoms with Crippen LogP contribution in [0.25, 0.3) is 10.8 Å². The highest BCUT2D eigenvalue weighted by Gasteiger charge is 2.16. The predicted molar refractivity (Wildman–Crippen MR) is 88.6 cm³/mol. The van der Waals surface area contributed by atoms with Crippen molar-refractivity contribution in [3.8, 4) is 23.0 Å². The van der Waals surface area contributed by atoms with E-state index in [0.717, 1.165) is 28.0 Å². The van der Waals surface area contributed by atoms with Gasteiger partial charge in [0, 0.05) is 11.5 Å². The van der Waals surface area contributed by atoms with Gasteiger partial charge in [0.25, 0.3) is 0 Å². The molecule has 0 aliphatic rings. The van der Waals surface area contributed by atoms with E-state index in [4.69, 9.17) is 18.9 Å². The molecule has 0 fully saturated rings. The van der Waals surface area contributed by atoms with Crippen molar-refractivity contribution >= 4 is 10.8 Å². The van der Waals surface area contributed by atoms with Gasteiger partial charge in [-0.05, 0) is 45.9 Å². The molecular formula is C18H24O4. The molecule has 4 nitrogen and oxygen atoms in total. The van der Waals surface area contributed by atoms with Gasteiger partial charge in [0.1, 0.15) is 23.0 Å². The second kappa shape index (κ2) is 6.77. The molecule has 0 N–H and O–H groups in total. The van der Waals surface area contributed by atoms with E-state index in [0.29, 0.717) is 5.75 Å². The summed E-state index contributed by atoms with van der Waals surface area (Å²) in [6.07, 6.45) is 0.166. The molecular weight excluding hydrogens is 280 g/mol. The van der Waals surface area contributed by atoms with E-state index >= 15 is 0 Å². The molecule has 22 heavy (non-hydrogen) atoms. The minimum atomic E-state index is 0.0808. The quantitative estimate of drug-likeness (QED) is 0.791. The molecule has 0 atom stereocenters. The van der Waals surface area contributed by atoms with Crippen LogP contribution in [0.4, 0.5) is 0 Å². The Balaban J connectivity index is 2.71. The van der Waals surface area contributed by atoms with Gasteiger partial charge in [-0.15, -0.1) is 0 Å². The zero-order valence-electron chi connectivity index (χ0n) is 14.1. The fourth-order valence-electron chi connectivity index (χ4n) is 2.39. The topological polar surface area (TPSA) is 36.9 Å². The van der Waals surface area contributed by atoms with Crippen molar-refractivity contribution in [2.75, 3.05) is 14.2 Å². The Kier molecular flexibility index (Phi) is 5.01. The number of benzene rings is 2. The molecule has 2 rings (SSSR count). The Morgan fingerprint density at radius 2 is 1.32 bits per heavy atom. The van der Waals surface area contributed by atoms with Crippen molar-refractivity contribution in [1.82, 2.24) is 0 Å². The molecule has 0 aliphatic carbocycles. The smallest absolute Gasteiger partial charge is 0.134 e. The van der Waals surface area contributed by atoms with Crippen LogP contribution in [0.1, 0.15) is 27.7 Å². The predicted octanol–water partition coefficient (Wildman–Crippen LogP) is 4.43. The molecule has 0 aromatic heterocycles. The summed E-state index contributed by atoms with van der Waals surface area (Å²) in [7, 11) is 3.29. The van der Waals surface area contributed by atoms with E-state index < -0.39 is 0 Å². The van der Waals surface area contributed by atoms with E-state index in [9.17, 15) is 0 Å². The first kappa shape index (κ1) is 16.3. The zero-order valence-corrected chi connectivity index (χ0v) is 14.1. The third-order valence-corrected chi connectivity index (χ3v) is 3.15. The van der Waals surface area contributed by atoms with Gasteiger partial charge in [0.2, 0.25) is 0 Å². The van der Waals surface area contributed by atoms with Gasteiger partial charge in [-0.2, -0.15) is 0 Å². The summed E-state index contributed by atoms with van der Waals surface area (Å²) in [5.41, 5.74) is 0. The van der Waals surface area contributed by atoms with Crippen LogP contribution >= 0.6 is 0 Å². The van der Waals surface area contributed by atoms with Crippen LogP contribution < -0.4 is 18.9 Å². The molecule has 120 valence electrons. The van der Waals surface area contributed by atoms with E-state index in [1.54, 1.807) is 14.2 Å². The van der Waals surface area contributed by atoms with Crippen LogP contribution in [0.15, 0.2) is 24.3 Å². The first-order chi connectivity index (χ1) is 10.5. The second-order valence-electron chi connectivity index (χ2n) is 5.65. The number of rotatable bonds is 6. The maximum Gasteiger partial charge on any atom is 0.134 e. The van der Waals surface area contributed by atoms with Crippen molar-refractivity contribution in [2.45, 2.75) is 39.9 Å². The maximum atomic E-state index is 5.92. The second-order valence-corrected chi connectivity index (χ2v) is 5.65. The summed E-state index contributed by atoms with van der Waals surface area (Å²) in [6, 6.07) is 7.66. The average Bonchev–Trinajstić information content (AvgIpc) is 2.45. The molecule has 2 aromatic carbocycles. The Morgan fingerprint density at radius 1 is 0.727 bits per heavy atom. The lowest BCUT2D eigenvalue weighted by atomic mass is 10.1. The van der Waals surface area contributed by atoms with Gasteiger partial charge in [-0.1, -0.05) is 0 Å². The Hall–Kier alpha value is -2.10. The normalized spacial score (nSPS) is 11.1. The largest absolute Gasteiger partial charge is 0.496 e. The Labute approximate surface area is 131 Å². The van der Waals surface area contributed by atoms with Crippen LogP contribution in [0.3, 0.4) is 0 Å². The maximum absolute atomic E-state index is 5.92. The average molecular weight is 304 g/mol. The van der Waals surface area contributed by atoms with E-state index in [1.165, 1.54) is 0 Å². The fraction of sp³-hybridized carbons (Fsp3) is 0.444. The Morgan fingerprint density at radius 3 is 1.86 bits per heavy atom. The van der Waals surface area contributed by atoms with Crippen LogP contribution in [-0.4, -0.2) is 26.4 Å². The lowest BCUT2D eigenvalue weighted by molar-refractivity contribution is 0.239. The first-order valence-electron chi connectivity index (χ1n) is 7.48. The third-order valence-electron chi connectivity index (χ3n) is 3.15. The molecule has 0 aliphatic heterocycles. The van der Waals surface area contributed by atoms with Crippen molar-refractivity contribution < 1.29 is 18.9 Å². The Bertz CT molecular complexity index is 647. The molecule has 2 aromatic rings. The van der Waals surface area contributed by atoms with Crippen molar-refractivity contribution in [1.29, 1.82) is 0 Å². The van der Waals surface area contributed by atoms with Crippen LogP contribution in [-0.2, 0) is 0 Å². The monoisotopic (exact) mass is 304 g/mol. The highest BCUT2D eigenvalue weighted by molar-refractivity contribution is 5.99. The lowest BCUT2D eigenvalue weighted by Crippen LogP contribution is -2.07. The van der Waals surface area contributed by atoms with Crippen molar-refractivity contribution in [3.05, 3.63) is 24.3 Å². The SMILES string of the molecule is COc1ccc(OC(C)C)c2cc(OC(C)C)cc(OC)c12. The molecule has 0 amide bonds. The summed E-state index contributed by atoms with van der Waals surface area (Å²) >= 11 is 0. The van der Waals surface area contributed by atoms with Crippen molar-refractivity contribution in [2.24, 2.45) is 0 Å². The van der Waals surface area contributed by atoms with E-state index in [1.807, 2.05) is 52.0 Å². The molecule has 0 radical (unpaired) electrons. The number of ether oxygens (including phenoxy) is 4. The fourth-order valence-corrected chi connectivity index (χ4v) is 2.39. The van der Waals surface area contributed by atoms with Crippen LogP contribution in [0.2, 0.25) is 0 Å². The third kappa shape index (κ3) is 3.38. The summed E-state index contributed by atoms with van der Waals surface area (Å²) < 4.78 is 22.8. The molecule has 4 heteroatoms. The van der Waals surface area contributed by atoms with Gasteiger partial charge in [-0.25, -0.2) is 0 Å². The summed E-state index contributed by atoms with van der Waals surface area (Å²) in [6.45, 7) is 7.99. The summed E-state index contributed by atoms with van der Waals surface area (Å²) in [5.74, 6) is 3.00. The molecule has 0 saturated carbocycles. The van der Waals surface area contributed by atoms with Gasteiger partial charge >= 0.3 is 0 Å². The minimum Gasteiger partial charge on any atom is -0.496 e. The molecule has 0 saturated heterocycles. The van der Waals surface area contributed by atoms with Crippen LogP contribution in [0, 0.1) is 0 Å². The number of fused-ring (bicyclic) bond motifs is 1. The number of hydrogen-bond donors (Lipinski definition) is 0. The number of methoxy groups -OCH3 is 2. The highest BCUT2D eigenvalue weighted by atomic mass is 16.5. The molecule has 0 bridgehead atoms. The van der Waals surface area contributed by atoms with E-state index in [-0.39, 0.29) is 12.2 Å². The highest BCUT2D eigenvalue weighted by Crippen LogP contribution is 2.42. The zero-order chi connectivity index (χ0) is 16.3.